The summed E-state index contributed by atoms with van der Waals surface area (Å²) >= 11 is 0. The Labute approximate surface area is 108 Å². The van der Waals surface area contributed by atoms with E-state index in [9.17, 15) is 9.59 Å². The third kappa shape index (κ3) is 3.98. The monoisotopic (exact) mass is 257 g/mol. The summed E-state index contributed by atoms with van der Waals surface area (Å²) in [5, 5.41) is 9.16. The summed E-state index contributed by atoms with van der Waals surface area (Å²) in [5.41, 5.74) is 0. The fourth-order valence-corrected chi connectivity index (χ4v) is 2.26. The van der Waals surface area contributed by atoms with Gasteiger partial charge in [-0.3, -0.25) is 14.5 Å². The number of ether oxygens (including phenoxy) is 1. The largest absolute Gasteiger partial charge is 0.480 e. The van der Waals surface area contributed by atoms with Crippen molar-refractivity contribution in [1.29, 1.82) is 0 Å². The highest BCUT2D eigenvalue weighted by Gasteiger charge is 2.35. The van der Waals surface area contributed by atoms with Crippen molar-refractivity contribution >= 4 is 11.9 Å². The molecule has 18 heavy (non-hydrogen) atoms. The van der Waals surface area contributed by atoms with E-state index in [4.69, 9.17) is 9.84 Å². The number of hydrogen-bond donors (Lipinski definition) is 1. The predicted molar refractivity (Wildman–Crippen MR) is 67.3 cm³/mol. The molecule has 0 bridgehead atoms. The maximum Gasteiger partial charge on any atom is 0.323 e. The SMILES string of the molecule is CCCCOC(=O)C(C)N1CCCCC1C(=O)O. The molecular weight excluding hydrogens is 234 g/mol. The fourth-order valence-electron chi connectivity index (χ4n) is 2.26. The summed E-state index contributed by atoms with van der Waals surface area (Å²) in [6.07, 6.45) is 4.29. The van der Waals surface area contributed by atoms with Crippen molar-refractivity contribution in [2.45, 2.75) is 58.0 Å². The molecule has 0 spiro atoms. The lowest BCUT2D eigenvalue weighted by Gasteiger charge is -2.36. The lowest BCUT2D eigenvalue weighted by Crippen LogP contribution is -2.52. The minimum Gasteiger partial charge on any atom is -0.480 e. The number of carboxylic acids is 1. The highest BCUT2D eigenvalue weighted by Crippen LogP contribution is 2.20. The van der Waals surface area contributed by atoms with Gasteiger partial charge < -0.3 is 9.84 Å². The van der Waals surface area contributed by atoms with Gasteiger partial charge in [0.15, 0.2) is 0 Å². The van der Waals surface area contributed by atoms with E-state index in [1.807, 2.05) is 6.92 Å². The van der Waals surface area contributed by atoms with Crippen LogP contribution >= 0.6 is 0 Å². The van der Waals surface area contributed by atoms with Gasteiger partial charge in [0.2, 0.25) is 0 Å². The Hall–Kier alpha value is -1.10. The molecule has 0 aliphatic carbocycles. The first-order valence-corrected chi connectivity index (χ1v) is 6.73. The van der Waals surface area contributed by atoms with Gasteiger partial charge in [-0.25, -0.2) is 0 Å². The number of likely N-dealkylation sites (tertiary alicyclic amines) is 1. The number of unbranched alkanes of at least 4 members (excludes halogenated alkanes) is 1. The van der Waals surface area contributed by atoms with E-state index in [-0.39, 0.29) is 5.97 Å². The maximum atomic E-state index is 11.8. The Morgan fingerprint density at radius 2 is 2.17 bits per heavy atom. The van der Waals surface area contributed by atoms with Gasteiger partial charge in [-0.05, 0) is 32.7 Å². The Kier molecular flexibility index (Phi) is 6.12. The molecule has 0 amide bonds. The molecular formula is C13H23NO4. The molecule has 5 nitrogen and oxygen atoms in total. The van der Waals surface area contributed by atoms with Crippen LogP contribution in [-0.4, -0.2) is 47.2 Å². The number of carbonyl (C=O) groups excluding carboxylic acids is 1. The van der Waals surface area contributed by atoms with Crippen molar-refractivity contribution in [3.8, 4) is 0 Å². The molecule has 1 aliphatic rings. The number of hydrogen-bond acceptors (Lipinski definition) is 4. The van der Waals surface area contributed by atoms with Crippen LogP contribution in [-0.2, 0) is 14.3 Å². The number of carboxylic acid groups (broad SMARTS) is 1. The molecule has 0 radical (unpaired) electrons. The van der Waals surface area contributed by atoms with Gasteiger partial charge in [0.1, 0.15) is 12.1 Å². The summed E-state index contributed by atoms with van der Waals surface area (Å²) in [4.78, 5) is 24.7. The van der Waals surface area contributed by atoms with Crippen LogP contribution in [0.2, 0.25) is 0 Å². The second-order valence-electron chi connectivity index (χ2n) is 4.78. The van der Waals surface area contributed by atoms with Crippen LogP contribution in [0.5, 0.6) is 0 Å². The molecule has 5 heteroatoms. The second-order valence-corrected chi connectivity index (χ2v) is 4.78. The van der Waals surface area contributed by atoms with E-state index in [1.165, 1.54) is 0 Å². The predicted octanol–water partition coefficient (Wildman–Crippen LogP) is 1.66. The number of piperidine rings is 1. The number of nitrogens with zero attached hydrogens (tertiary/aromatic N) is 1. The summed E-state index contributed by atoms with van der Waals surface area (Å²) in [6, 6.07) is -1.02. The van der Waals surface area contributed by atoms with Crippen LogP contribution < -0.4 is 0 Å². The summed E-state index contributed by atoms with van der Waals surface area (Å²) < 4.78 is 5.15. The molecule has 104 valence electrons. The summed E-state index contributed by atoms with van der Waals surface area (Å²) in [5.74, 6) is -1.15. The van der Waals surface area contributed by atoms with Crippen LogP contribution in [0.3, 0.4) is 0 Å². The van der Waals surface area contributed by atoms with Gasteiger partial charge in [0.25, 0.3) is 0 Å². The van der Waals surface area contributed by atoms with E-state index in [1.54, 1.807) is 11.8 Å². The number of aliphatic carboxylic acids is 1. The molecule has 1 fully saturated rings. The Morgan fingerprint density at radius 1 is 1.44 bits per heavy atom. The second kappa shape index (κ2) is 7.36. The van der Waals surface area contributed by atoms with Crippen molar-refractivity contribution in [3.63, 3.8) is 0 Å². The van der Waals surface area contributed by atoms with Crippen LogP contribution in [0.1, 0.15) is 46.0 Å². The van der Waals surface area contributed by atoms with Crippen LogP contribution in [0.25, 0.3) is 0 Å². The molecule has 1 rings (SSSR count). The van der Waals surface area contributed by atoms with Crippen LogP contribution in [0.4, 0.5) is 0 Å². The van der Waals surface area contributed by atoms with Crippen molar-refractivity contribution in [3.05, 3.63) is 0 Å². The molecule has 2 atom stereocenters. The molecule has 0 aromatic carbocycles. The number of carbonyl (C=O) groups is 2. The maximum absolute atomic E-state index is 11.8. The fraction of sp³-hybridized carbons (Fsp3) is 0.846. The first-order valence-electron chi connectivity index (χ1n) is 6.73. The van der Waals surface area contributed by atoms with E-state index >= 15 is 0 Å². The van der Waals surface area contributed by atoms with Crippen molar-refractivity contribution in [2.24, 2.45) is 0 Å². The first kappa shape index (κ1) is 15.0. The third-order valence-electron chi connectivity index (χ3n) is 3.41. The third-order valence-corrected chi connectivity index (χ3v) is 3.41. The molecule has 1 saturated heterocycles. The van der Waals surface area contributed by atoms with Gasteiger partial charge >= 0.3 is 11.9 Å². The van der Waals surface area contributed by atoms with Crippen molar-refractivity contribution < 1.29 is 19.4 Å². The van der Waals surface area contributed by atoms with Crippen LogP contribution in [0, 0.1) is 0 Å². The molecule has 0 aromatic rings. The van der Waals surface area contributed by atoms with Crippen LogP contribution in [0.15, 0.2) is 0 Å². The first-order chi connectivity index (χ1) is 8.57. The van der Waals surface area contributed by atoms with E-state index in [2.05, 4.69) is 0 Å². The van der Waals surface area contributed by atoms with Gasteiger partial charge in [0, 0.05) is 0 Å². The minimum absolute atomic E-state index is 0.309. The molecule has 0 aromatic heterocycles. The minimum atomic E-state index is -0.845. The Bertz CT molecular complexity index is 293. The van der Waals surface area contributed by atoms with E-state index in [0.29, 0.717) is 19.6 Å². The van der Waals surface area contributed by atoms with E-state index in [0.717, 1.165) is 25.7 Å². The molecule has 1 N–H and O–H groups in total. The summed E-state index contributed by atoms with van der Waals surface area (Å²) in [7, 11) is 0. The highest BCUT2D eigenvalue weighted by molar-refractivity contribution is 5.78. The number of esters is 1. The zero-order chi connectivity index (χ0) is 13.5. The van der Waals surface area contributed by atoms with E-state index < -0.39 is 18.1 Å². The Balaban J connectivity index is 2.54. The van der Waals surface area contributed by atoms with Crippen molar-refractivity contribution in [1.82, 2.24) is 4.90 Å². The van der Waals surface area contributed by atoms with Gasteiger partial charge in [0.05, 0.1) is 6.61 Å². The average molecular weight is 257 g/mol. The molecule has 0 saturated carbocycles. The molecule has 1 heterocycles. The Morgan fingerprint density at radius 3 is 2.78 bits per heavy atom. The van der Waals surface area contributed by atoms with Crippen molar-refractivity contribution in [2.75, 3.05) is 13.2 Å². The zero-order valence-electron chi connectivity index (χ0n) is 11.2. The van der Waals surface area contributed by atoms with Gasteiger partial charge in [-0.15, -0.1) is 0 Å². The summed E-state index contributed by atoms with van der Waals surface area (Å²) in [6.45, 7) is 4.84. The van der Waals surface area contributed by atoms with Gasteiger partial charge in [-0.2, -0.15) is 0 Å². The normalized spacial score (nSPS) is 22.4. The zero-order valence-corrected chi connectivity index (χ0v) is 11.2. The highest BCUT2D eigenvalue weighted by atomic mass is 16.5. The quantitative estimate of drug-likeness (QED) is 0.579. The molecule has 2 unspecified atom stereocenters. The standard InChI is InChI=1S/C13H23NO4/c1-3-4-9-18-13(17)10(2)14-8-6-5-7-11(14)12(15)16/h10-11H,3-9H2,1-2H3,(H,15,16). The topological polar surface area (TPSA) is 66.8 Å². The lowest BCUT2D eigenvalue weighted by atomic mass is 10.0. The average Bonchev–Trinajstić information content (AvgIpc) is 2.38. The lowest BCUT2D eigenvalue weighted by molar-refractivity contribution is -0.155. The number of rotatable bonds is 6. The molecule has 1 aliphatic heterocycles. The smallest absolute Gasteiger partial charge is 0.323 e. The van der Waals surface area contributed by atoms with Gasteiger partial charge in [-0.1, -0.05) is 19.8 Å².